The number of hydrogen-bond donors (Lipinski definition) is 2. The molecule has 0 spiro atoms. The van der Waals surface area contributed by atoms with E-state index in [4.69, 9.17) is 0 Å². The summed E-state index contributed by atoms with van der Waals surface area (Å²) in [5, 5.41) is 3.97. The number of fused-ring (bicyclic) bond motifs is 2. The molecule has 0 aliphatic carbocycles. The van der Waals surface area contributed by atoms with Gasteiger partial charge in [0.25, 0.3) is 0 Å². The van der Waals surface area contributed by atoms with Gasteiger partial charge in [-0.3, -0.25) is 0 Å². The van der Waals surface area contributed by atoms with E-state index in [0.717, 1.165) is 27.1 Å². The Hall–Kier alpha value is -2.73. The summed E-state index contributed by atoms with van der Waals surface area (Å²) in [6, 6.07) is 27.4. The first-order chi connectivity index (χ1) is 14.0. The van der Waals surface area contributed by atoms with Gasteiger partial charge < -0.3 is 4.90 Å². The molecule has 148 valence electrons. The van der Waals surface area contributed by atoms with E-state index < -0.39 is 10.0 Å². The van der Waals surface area contributed by atoms with Gasteiger partial charge in [-0.05, 0) is 22.2 Å². The van der Waals surface area contributed by atoms with Crippen molar-refractivity contribution >= 4 is 31.6 Å². The van der Waals surface area contributed by atoms with Gasteiger partial charge in [0.1, 0.15) is 6.04 Å². The van der Waals surface area contributed by atoms with Gasteiger partial charge in [0.15, 0.2) is 0 Å². The molecule has 0 aromatic heterocycles. The highest BCUT2D eigenvalue weighted by molar-refractivity contribution is 7.89. The van der Waals surface area contributed by atoms with Gasteiger partial charge in [0, 0.05) is 10.9 Å². The maximum atomic E-state index is 13.1. The van der Waals surface area contributed by atoms with Crippen molar-refractivity contribution in [1.29, 1.82) is 0 Å². The monoisotopic (exact) mass is 405 g/mol. The van der Waals surface area contributed by atoms with Gasteiger partial charge in [-0.15, -0.1) is 0 Å². The minimum Gasteiger partial charge on any atom is -0.333 e. The van der Waals surface area contributed by atoms with Crippen LogP contribution >= 0.6 is 0 Å². The largest absolute Gasteiger partial charge is 0.333 e. The Morgan fingerprint density at radius 2 is 1.31 bits per heavy atom. The molecule has 0 aliphatic rings. The van der Waals surface area contributed by atoms with Crippen LogP contribution in [-0.4, -0.2) is 29.1 Å². The second-order valence-corrected chi connectivity index (χ2v) is 9.26. The van der Waals surface area contributed by atoms with E-state index in [0.29, 0.717) is 11.4 Å². The molecule has 0 aliphatic heterocycles. The summed E-state index contributed by atoms with van der Waals surface area (Å²) in [6.07, 6.45) is 0. The Bertz CT molecular complexity index is 1260. The molecule has 4 aromatic carbocycles. The standard InChI is InChI=1S/C24H24N2O2S/c1-26(2)23(22-15-7-11-18-9-3-5-13-20(18)22)17-25-29(27,28)24-16-8-12-19-10-4-6-14-21(19)24/h3-16,23,25H,17H2,1-2H3/p+1/t23-/m1/s1. The molecule has 29 heavy (non-hydrogen) atoms. The van der Waals surface area contributed by atoms with Crippen LogP contribution in [0.4, 0.5) is 0 Å². The highest BCUT2D eigenvalue weighted by Gasteiger charge is 2.24. The zero-order chi connectivity index (χ0) is 20.4. The molecule has 4 rings (SSSR count). The highest BCUT2D eigenvalue weighted by Crippen LogP contribution is 2.25. The van der Waals surface area contributed by atoms with Crippen molar-refractivity contribution in [2.24, 2.45) is 0 Å². The van der Waals surface area contributed by atoms with Crippen molar-refractivity contribution in [2.75, 3.05) is 20.6 Å². The molecular weight excluding hydrogens is 380 g/mol. The Morgan fingerprint density at radius 3 is 2.00 bits per heavy atom. The molecule has 2 N–H and O–H groups in total. The first-order valence-electron chi connectivity index (χ1n) is 9.72. The van der Waals surface area contributed by atoms with Crippen LogP contribution in [0.5, 0.6) is 0 Å². The summed E-state index contributed by atoms with van der Waals surface area (Å²) < 4.78 is 29.2. The molecule has 0 saturated heterocycles. The summed E-state index contributed by atoms with van der Waals surface area (Å²) in [5.41, 5.74) is 1.14. The van der Waals surface area contributed by atoms with Crippen LogP contribution in [0.15, 0.2) is 89.8 Å². The lowest BCUT2D eigenvalue weighted by Gasteiger charge is -2.23. The van der Waals surface area contributed by atoms with E-state index >= 15 is 0 Å². The van der Waals surface area contributed by atoms with Crippen molar-refractivity contribution in [3.05, 3.63) is 90.5 Å². The summed E-state index contributed by atoms with van der Waals surface area (Å²) in [5.74, 6) is 0. The Labute approximate surface area is 171 Å². The summed E-state index contributed by atoms with van der Waals surface area (Å²) in [4.78, 5) is 1.49. The van der Waals surface area contributed by atoms with Crippen LogP contribution in [0.2, 0.25) is 0 Å². The molecule has 1 atom stereocenters. The van der Waals surface area contributed by atoms with Crippen LogP contribution in [0.3, 0.4) is 0 Å². The van der Waals surface area contributed by atoms with E-state index in [9.17, 15) is 8.42 Å². The van der Waals surface area contributed by atoms with E-state index in [2.05, 4.69) is 43.1 Å². The summed E-state index contributed by atoms with van der Waals surface area (Å²) in [6.45, 7) is 0.321. The normalized spacial score (nSPS) is 13.2. The maximum absolute atomic E-state index is 13.1. The van der Waals surface area contributed by atoms with E-state index in [1.54, 1.807) is 12.1 Å². The van der Waals surface area contributed by atoms with Gasteiger partial charge in [-0.1, -0.05) is 78.9 Å². The van der Waals surface area contributed by atoms with Crippen molar-refractivity contribution in [1.82, 2.24) is 4.72 Å². The van der Waals surface area contributed by atoms with E-state index in [1.807, 2.05) is 48.5 Å². The predicted molar refractivity (Wildman–Crippen MR) is 119 cm³/mol. The first-order valence-corrected chi connectivity index (χ1v) is 11.2. The van der Waals surface area contributed by atoms with E-state index in [1.165, 1.54) is 4.90 Å². The zero-order valence-electron chi connectivity index (χ0n) is 16.6. The molecule has 4 nitrogen and oxygen atoms in total. The lowest BCUT2D eigenvalue weighted by Crippen LogP contribution is -3.07. The van der Waals surface area contributed by atoms with E-state index in [-0.39, 0.29) is 6.04 Å². The maximum Gasteiger partial charge on any atom is 0.241 e. The van der Waals surface area contributed by atoms with Gasteiger partial charge in [-0.25, -0.2) is 13.1 Å². The smallest absolute Gasteiger partial charge is 0.241 e. The van der Waals surface area contributed by atoms with Gasteiger partial charge >= 0.3 is 0 Å². The second-order valence-electron chi connectivity index (χ2n) is 7.53. The third-order valence-corrected chi connectivity index (χ3v) is 6.89. The average molecular weight is 406 g/mol. The first kappa shape index (κ1) is 19.6. The van der Waals surface area contributed by atoms with Gasteiger partial charge in [-0.2, -0.15) is 0 Å². The van der Waals surface area contributed by atoms with Gasteiger partial charge in [0.2, 0.25) is 10.0 Å². The van der Waals surface area contributed by atoms with Crippen LogP contribution < -0.4 is 9.62 Å². The Balaban J connectivity index is 1.68. The summed E-state index contributed by atoms with van der Waals surface area (Å²) >= 11 is 0. The van der Waals surface area contributed by atoms with Crippen LogP contribution in [0.1, 0.15) is 11.6 Å². The minimum atomic E-state index is -3.64. The fourth-order valence-corrected chi connectivity index (χ4v) is 5.15. The number of hydrogen-bond acceptors (Lipinski definition) is 2. The Kier molecular flexibility index (Phi) is 5.37. The number of nitrogens with one attached hydrogen (secondary N) is 2. The molecule has 0 heterocycles. The second kappa shape index (κ2) is 7.95. The number of rotatable bonds is 6. The van der Waals surface area contributed by atoms with Crippen LogP contribution in [0, 0.1) is 0 Å². The molecule has 5 heteroatoms. The van der Waals surface area contributed by atoms with Crippen molar-refractivity contribution in [2.45, 2.75) is 10.9 Å². The number of likely N-dealkylation sites (N-methyl/N-ethyl adjacent to an activating group) is 1. The molecule has 0 bridgehead atoms. The molecule has 0 radical (unpaired) electrons. The van der Waals surface area contributed by atoms with Crippen LogP contribution in [0.25, 0.3) is 21.5 Å². The van der Waals surface area contributed by atoms with Crippen molar-refractivity contribution < 1.29 is 13.3 Å². The molecule has 0 unspecified atom stereocenters. The van der Waals surface area contributed by atoms with Crippen LogP contribution in [-0.2, 0) is 10.0 Å². The zero-order valence-corrected chi connectivity index (χ0v) is 17.4. The lowest BCUT2D eigenvalue weighted by molar-refractivity contribution is -0.890. The topological polar surface area (TPSA) is 50.6 Å². The minimum absolute atomic E-state index is 0.00847. The highest BCUT2D eigenvalue weighted by atomic mass is 32.2. The number of sulfonamides is 1. The molecule has 0 amide bonds. The third kappa shape index (κ3) is 3.90. The Morgan fingerprint density at radius 1 is 0.759 bits per heavy atom. The fourth-order valence-electron chi connectivity index (χ4n) is 3.88. The summed E-state index contributed by atoms with van der Waals surface area (Å²) in [7, 11) is 0.468. The van der Waals surface area contributed by atoms with Crippen molar-refractivity contribution in [3.63, 3.8) is 0 Å². The predicted octanol–water partition coefficient (Wildman–Crippen LogP) is 3.16. The molecular formula is C24H25N2O2S+. The SMILES string of the molecule is C[NH+](C)[C@H](CNS(=O)(=O)c1cccc2ccccc12)c1cccc2ccccc12. The molecule has 0 fully saturated rings. The molecule has 0 saturated carbocycles. The van der Waals surface area contributed by atoms with Crippen molar-refractivity contribution in [3.8, 4) is 0 Å². The lowest BCUT2D eigenvalue weighted by atomic mass is 9.98. The number of quaternary nitrogens is 1. The average Bonchev–Trinajstić information content (AvgIpc) is 2.73. The van der Waals surface area contributed by atoms with Gasteiger partial charge in [0.05, 0.1) is 25.5 Å². The third-order valence-electron chi connectivity index (χ3n) is 5.41. The fraction of sp³-hybridized carbons (Fsp3) is 0.167. The number of benzene rings is 4. The quantitative estimate of drug-likeness (QED) is 0.518. The molecule has 4 aromatic rings.